The molecule has 0 spiro atoms. The molecule has 0 aliphatic heterocycles. The van der Waals surface area contributed by atoms with Crippen molar-refractivity contribution in [2.24, 2.45) is 0 Å². The van der Waals surface area contributed by atoms with E-state index in [-0.39, 0.29) is 0 Å². The third kappa shape index (κ3) is 3.51. The van der Waals surface area contributed by atoms with Gasteiger partial charge in [0.05, 0.1) is 5.69 Å². The van der Waals surface area contributed by atoms with Gasteiger partial charge in [0.25, 0.3) is 0 Å². The lowest BCUT2D eigenvalue weighted by Crippen LogP contribution is -2.27. The number of hydrogen-bond donors (Lipinski definition) is 1. The minimum Gasteiger partial charge on any atom is -0.467 e. The first-order chi connectivity index (χ1) is 6.37. The fourth-order valence-corrected chi connectivity index (χ4v) is 0.930. The summed E-state index contributed by atoms with van der Waals surface area (Å²) in [5.41, 5.74) is 0.125. The molecule has 4 nitrogen and oxygen atoms in total. The molecule has 1 heterocycles. The second-order valence-electron chi connectivity index (χ2n) is 4.07. The summed E-state index contributed by atoms with van der Waals surface area (Å²) in [7, 11) is 0. The van der Waals surface area contributed by atoms with Crippen LogP contribution in [0.5, 0.6) is 0 Å². The van der Waals surface area contributed by atoms with Crippen molar-refractivity contribution in [1.29, 1.82) is 0 Å². The Kier molecular flexibility index (Phi) is 2.84. The Labute approximate surface area is 83.2 Å². The van der Waals surface area contributed by atoms with Crippen molar-refractivity contribution in [3.63, 3.8) is 0 Å². The standard InChI is InChI=1S/C10H15NO3/c1-7-5-8(6-13-7)11-9(12)14-10(2,3)4/h5-6H,1-4H3,(H,11,12). The number of amides is 1. The summed E-state index contributed by atoms with van der Waals surface area (Å²) in [6.07, 6.45) is 0.998. The lowest BCUT2D eigenvalue weighted by Gasteiger charge is -2.19. The maximum Gasteiger partial charge on any atom is 0.412 e. The van der Waals surface area contributed by atoms with E-state index in [9.17, 15) is 4.79 Å². The molecule has 0 radical (unpaired) electrons. The van der Waals surface area contributed by atoms with Crippen molar-refractivity contribution in [2.75, 3.05) is 5.32 Å². The molecule has 0 aromatic carbocycles. The van der Waals surface area contributed by atoms with Crippen molar-refractivity contribution in [2.45, 2.75) is 33.3 Å². The van der Waals surface area contributed by atoms with Gasteiger partial charge >= 0.3 is 6.09 Å². The van der Waals surface area contributed by atoms with Crippen LogP contribution in [0.2, 0.25) is 0 Å². The monoisotopic (exact) mass is 197 g/mol. The van der Waals surface area contributed by atoms with Gasteiger partial charge < -0.3 is 9.15 Å². The number of hydrogen-bond acceptors (Lipinski definition) is 3. The number of nitrogens with one attached hydrogen (secondary N) is 1. The molecule has 78 valence electrons. The molecule has 0 aliphatic rings. The number of rotatable bonds is 1. The van der Waals surface area contributed by atoms with E-state index >= 15 is 0 Å². The lowest BCUT2D eigenvalue weighted by molar-refractivity contribution is 0.0636. The maximum atomic E-state index is 11.3. The van der Waals surface area contributed by atoms with E-state index in [0.29, 0.717) is 5.69 Å². The first-order valence-electron chi connectivity index (χ1n) is 4.42. The third-order valence-corrected chi connectivity index (χ3v) is 1.38. The lowest BCUT2D eigenvalue weighted by atomic mass is 10.2. The smallest absolute Gasteiger partial charge is 0.412 e. The SMILES string of the molecule is Cc1cc(NC(=O)OC(C)(C)C)co1. The molecular weight excluding hydrogens is 182 g/mol. The van der Waals surface area contributed by atoms with E-state index in [1.165, 1.54) is 6.26 Å². The first-order valence-corrected chi connectivity index (χ1v) is 4.42. The van der Waals surface area contributed by atoms with Gasteiger partial charge in [0.2, 0.25) is 0 Å². The summed E-state index contributed by atoms with van der Waals surface area (Å²) >= 11 is 0. The second-order valence-corrected chi connectivity index (χ2v) is 4.07. The van der Waals surface area contributed by atoms with Crippen LogP contribution in [0.4, 0.5) is 10.5 Å². The molecule has 0 fully saturated rings. The summed E-state index contributed by atoms with van der Waals surface area (Å²) in [5.74, 6) is 0.746. The van der Waals surface area contributed by atoms with Crippen molar-refractivity contribution in [1.82, 2.24) is 0 Å². The van der Waals surface area contributed by atoms with Gasteiger partial charge in [-0.1, -0.05) is 0 Å². The van der Waals surface area contributed by atoms with Crippen LogP contribution in [0.3, 0.4) is 0 Å². The zero-order valence-electron chi connectivity index (χ0n) is 8.88. The number of anilines is 1. The summed E-state index contributed by atoms with van der Waals surface area (Å²) in [6, 6.07) is 1.73. The normalized spacial score (nSPS) is 11.1. The van der Waals surface area contributed by atoms with Gasteiger partial charge in [-0.3, -0.25) is 5.32 Å². The van der Waals surface area contributed by atoms with Crippen molar-refractivity contribution < 1.29 is 13.9 Å². The highest BCUT2D eigenvalue weighted by Crippen LogP contribution is 2.14. The third-order valence-electron chi connectivity index (χ3n) is 1.38. The highest BCUT2D eigenvalue weighted by atomic mass is 16.6. The van der Waals surface area contributed by atoms with Crippen LogP contribution in [0, 0.1) is 6.92 Å². The fraction of sp³-hybridized carbons (Fsp3) is 0.500. The van der Waals surface area contributed by atoms with Gasteiger partial charge in [-0.05, 0) is 27.7 Å². The molecule has 0 bridgehead atoms. The summed E-state index contributed by atoms with van der Waals surface area (Å²) in [5, 5.41) is 2.56. The number of carbonyl (C=O) groups is 1. The Morgan fingerprint density at radius 3 is 2.57 bits per heavy atom. The average Bonchev–Trinajstić information content (AvgIpc) is 2.30. The van der Waals surface area contributed by atoms with Gasteiger partial charge in [-0.25, -0.2) is 4.79 Å². The number of carbonyl (C=O) groups excluding carboxylic acids is 1. The van der Waals surface area contributed by atoms with Crippen LogP contribution >= 0.6 is 0 Å². The van der Waals surface area contributed by atoms with Crippen molar-refractivity contribution in [3.8, 4) is 0 Å². The van der Waals surface area contributed by atoms with Gasteiger partial charge in [0.15, 0.2) is 0 Å². The zero-order valence-corrected chi connectivity index (χ0v) is 8.88. The molecule has 0 saturated carbocycles. The molecule has 14 heavy (non-hydrogen) atoms. The van der Waals surface area contributed by atoms with Gasteiger partial charge in [-0.2, -0.15) is 0 Å². The zero-order chi connectivity index (χ0) is 10.8. The highest BCUT2D eigenvalue weighted by molar-refractivity contribution is 5.84. The van der Waals surface area contributed by atoms with E-state index in [0.717, 1.165) is 5.76 Å². The summed E-state index contributed by atoms with van der Waals surface area (Å²) in [6.45, 7) is 7.24. The molecule has 1 rings (SSSR count). The predicted octanol–water partition coefficient (Wildman–Crippen LogP) is 2.94. The fourth-order valence-electron chi connectivity index (χ4n) is 0.930. The predicted molar refractivity (Wildman–Crippen MR) is 53.3 cm³/mol. The Hall–Kier alpha value is -1.45. The quantitative estimate of drug-likeness (QED) is 0.753. The molecule has 0 aliphatic carbocycles. The van der Waals surface area contributed by atoms with E-state index in [1.54, 1.807) is 13.0 Å². The molecule has 1 aromatic rings. The van der Waals surface area contributed by atoms with Crippen molar-refractivity contribution >= 4 is 11.8 Å². The first kappa shape index (κ1) is 10.6. The maximum absolute atomic E-state index is 11.3. The van der Waals surface area contributed by atoms with Crippen LogP contribution in [0.25, 0.3) is 0 Å². The minimum atomic E-state index is -0.483. The topological polar surface area (TPSA) is 51.5 Å². The van der Waals surface area contributed by atoms with Crippen LogP contribution < -0.4 is 5.32 Å². The molecule has 1 aromatic heterocycles. The number of furan rings is 1. The summed E-state index contributed by atoms with van der Waals surface area (Å²) < 4.78 is 10.1. The Morgan fingerprint density at radius 2 is 2.14 bits per heavy atom. The van der Waals surface area contributed by atoms with Crippen LogP contribution in [-0.2, 0) is 4.74 Å². The number of aryl methyl sites for hydroxylation is 1. The van der Waals surface area contributed by atoms with E-state index in [4.69, 9.17) is 9.15 Å². The van der Waals surface area contributed by atoms with Crippen LogP contribution in [0.15, 0.2) is 16.7 Å². The molecule has 1 amide bonds. The number of ether oxygens (including phenoxy) is 1. The molecule has 1 N–H and O–H groups in total. The Morgan fingerprint density at radius 1 is 1.50 bits per heavy atom. The second kappa shape index (κ2) is 3.74. The summed E-state index contributed by atoms with van der Waals surface area (Å²) in [4.78, 5) is 11.3. The van der Waals surface area contributed by atoms with Gasteiger partial charge in [0.1, 0.15) is 17.6 Å². The van der Waals surface area contributed by atoms with E-state index in [2.05, 4.69) is 5.32 Å². The molecule has 0 atom stereocenters. The van der Waals surface area contributed by atoms with E-state index < -0.39 is 11.7 Å². The largest absolute Gasteiger partial charge is 0.467 e. The van der Waals surface area contributed by atoms with E-state index in [1.807, 2.05) is 20.8 Å². The highest BCUT2D eigenvalue weighted by Gasteiger charge is 2.16. The molecule has 0 unspecified atom stereocenters. The van der Waals surface area contributed by atoms with Gasteiger partial charge in [0, 0.05) is 6.07 Å². The molecule has 4 heteroatoms. The van der Waals surface area contributed by atoms with Crippen molar-refractivity contribution in [3.05, 3.63) is 18.1 Å². The minimum absolute atomic E-state index is 0.474. The Balaban J connectivity index is 2.50. The van der Waals surface area contributed by atoms with Gasteiger partial charge in [-0.15, -0.1) is 0 Å². The Bertz CT molecular complexity index is 322. The molecule has 0 saturated heterocycles. The van der Waals surface area contributed by atoms with Crippen LogP contribution in [-0.4, -0.2) is 11.7 Å². The molecular formula is C10H15NO3. The van der Waals surface area contributed by atoms with Crippen LogP contribution in [0.1, 0.15) is 26.5 Å². The average molecular weight is 197 g/mol.